The highest BCUT2D eigenvalue weighted by molar-refractivity contribution is 9.10. The molecule has 2 aromatic rings. The van der Waals surface area contributed by atoms with Crippen LogP contribution in [0.3, 0.4) is 0 Å². The summed E-state index contributed by atoms with van der Waals surface area (Å²) in [5.74, 6) is 0. The van der Waals surface area contributed by atoms with Crippen LogP contribution in [0.15, 0.2) is 46.9 Å². The molecule has 0 bridgehead atoms. The van der Waals surface area contributed by atoms with E-state index < -0.39 is 0 Å². The molecule has 0 fully saturated rings. The van der Waals surface area contributed by atoms with Gasteiger partial charge in [-0.1, -0.05) is 63.4 Å². The van der Waals surface area contributed by atoms with Crippen LogP contribution in [-0.4, -0.2) is 0 Å². The van der Waals surface area contributed by atoms with Crippen molar-refractivity contribution in [2.24, 2.45) is 5.73 Å². The maximum Gasteiger partial charge on any atom is 0.0453 e. The fourth-order valence-electron chi connectivity index (χ4n) is 1.83. The Morgan fingerprint density at radius 3 is 2.22 bits per heavy atom. The van der Waals surface area contributed by atoms with Gasteiger partial charge in [0.05, 0.1) is 0 Å². The summed E-state index contributed by atoms with van der Waals surface area (Å²) in [6.45, 7) is 0. The lowest BCUT2D eigenvalue weighted by Crippen LogP contribution is -2.14. The first kappa shape index (κ1) is 13.9. The van der Waals surface area contributed by atoms with E-state index in [1.54, 1.807) is 0 Å². The van der Waals surface area contributed by atoms with Crippen molar-refractivity contribution in [3.63, 3.8) is 0 Å². The smallest absolute Gasteiger partial charge is 0.0453 e. The number of hydrogen-bond acceptors (Lipinski definition) is 1. The Morgan fingerprint density at radius 1 is 1.00 bits per heavy atom. The van der Waals surface area contributed by atoms with Gasteiger partial charge in [-0.05, 0) is 35.7 Å². The van der Waals surface area contributed by atoms with Crippen LogP contribution in [-0.2, 0) is 6.42 Å². The highest BCUT2D eigenvalue weighted by Crippen LogP contribution is 2.30. The van der Waals surface area contributed by atoms with E-state index in [0.29, 0.717) is 16.5 Å². The fourth-order valence-corrected chi connectivity index (χ4v) is 2.96. The van der Waals surface area contributed by atoms with E-state index >= 15 is 0 Å². The second-order valence-electron chi connectivity index (χ2n) is 4.03. The minimum atomic E-state index is -0.141. The highest BCUT2D eigenvalue weighted by Gasteiger charge is 2.14. The normalized spacial score (nSPS) is 12.4. The maximum atomic E-state index is 6.22. The maximum absolute atomic E-state index is 6.22. The number of benzene rings is 2. The van der Waals surface area contributed by atoms with Crippen molar-refractivity contribution < 1.29 is 0 Å². The van der Waals surface area contributed by atoms with E-state index in [0.717, 1.165) is 15.6 Å². The summed E-state index contributed by atoms with van der Waals surface area (Å²) < 4.78 is 1.00. The number of rotatable bonds is 3. The summed E-state index contributed by atoms with van der Waals surface area (Å²) in [5, 5.41) is 1.31. The van der Waals surface area contributed by atoms with Crippen molar-refractivity contribution in [3.05, 3.63) is 68.1 Å². The van der Waals surface area contributed by atoms with Crippen LogP contribution in [0.25, 0.3) is 0 Å². The molecule has 1 nitrogen and oxygen atoms in total. The van der Waals surface area contributed by atoms with E-state index in [1.807, 2.05) is 42.5 Å². The van der Waals surface area contributed by atoms with Gasteiger partial charge in [0, 0.05) is 20.6 Å². The zero-order valence-electron chi connectivity index (χ0n) is 9.54. The van der Waals surface area contributed by atoms with Crippen LogP contribution in [0.5, 0.6) is 0 Å². The average Bonchev–Trinajstić information content (AvgIpc) is 2.34. The number of halogens is 3. The van der Waals surface area contributed by atoms with Gasteiger partial charge < -0.3 is 5.73 Å². The molecule has 0 spiro atoms. The van der Waals surface area contributed by atoms with Gasteiger partial charge in [0.15, 0.2) is 0 Å². The first-order chi connectivity index (χ1) is 8.59. The molecule has 2 N–H and O–H groups in total. The zero-order chi connectivity index (χ0) is 13.1. The molecule has 0 heterocycles. The molecule has 1 unspecified atom stereocenters. The Labute approximate surface area is 125 Å². The molecule has 0 aliphatic rings. The molecule has 94 valence electrons. The molecule has 0 aliphatic heterocycles. The Balaban J connectivity index is 2.27. The first-order valence-corrected chi connectivity index (χ1v) is 7.07. The summed E-state index contributed by atoms with van der Waals surface area (Å²) in [4.78, 5) is 0. The molecule has 2 aromatic carbocycles. The van der Waals surface area contributed by atoms with Gasteiger partial charge >= 0.3 is 0 Å². The van der Waals surface area contributed by atoms with Crippen LogP contribution in [0.2, 0.25) is 10.0 Å². The molecule has 0 radical (unpaired) electrons. The lowest BCUT2D eigenvalue weighted by Gasteiger charge is -2.15. The van der Waals surface area contributed by atoms with Gasteiger partial charge in [-0.3, -0.25) is 0 Å². The molecule has 0 aromatic heterocycles. The van der Waals surface area contributed by atoms with Crippen LogP contribution < -0.4 is 5.73 Å². The van der Waals surface area contributed by atoms with Gasteiger partial charge in [-0.15, -0.1) is 0 Å². The molecule has 0 amide bonds. The molecule has 2 rings (SSSR count). The summed E-state index contributed by atoms with van der Waals surface area (Å²) in [7, 11) is 0. The minimum Gasteiger partial charge on any atom is -0.324 e. The third-order valence-electron chi connectivity index (χ3n) is 2.79. The van der Waals surface area contributed by atoms with Crippen molar-refractivity contribution in [3.8, 4) is 0 Å². The van der Waals surface area contributed by atoms with Crippen molar-refractivity contribution >= 4 is 39.1 Å². The SMILES string of the molecule is NC(Cc1c(Cl)cccc1Cl)c1ccccc1Br. The second kappa shape index (κ2) is 6.07. The summed E-state index contributed by atoms with van der Waals surface area (Å²) >= 11 is 15.8. The van der Waals surface area contributed by atoms with E-state index in [1.165, 1.54) is 0 Å². The molecular weight excluding hydrogens is 333 g/mol. The van der Waals surface area contributed by atoms with Gasteiger partial charge in [0.2, 0.25) is 0 Å². The second-order valence-corrected chi connectivity index (χ2v) is 5.70. The molecule has 0 saturated heterocycles. The third kappa shape index (κ3) is 3.07. The highest BCUT2D eigenvalue weighted by atomic mass is 79.9. The molecule has 4 heteroatoms. The van der Waals surface area contributed by atoms with E-state index in [4.69, 9.17) is 28.9 Å². The van der Waals surface area contributed by atoms with Crippen molar-refractivity contribution in [1.82, 2.24) is 0 Å². The monoisotopic (exact) mass is 343 g/mol. The molecule has 0 saturated carbocycles. The van der Waals surface area contributed by atoms with Crippen molar-refractivity contribution in [2.75, 3.05) is 0 Å². The van der Waals surface area contributed by atoms with Crippen LogP contribution in [0.1, 0.15) is 17.2 Å². The summed E-state index contributed by atoms with van der Waals surface area (Å²) in [5.41, 5.74) is 8.16. The summed E-state index contributed by atoms with van der Waals surface area (Å²) in [6.07, 6.45) is 0.612. The fraction of sp³-hybridized carbons (Fsp3) is 0.143. The Hall–Kier alpha value is -0.540. The lowest BCUT2D eigenvalue weighted by atomic mass is 10.00. The van der Waals surface area contributed by atoms with Gasteiger partial charge in [-0.25, -0.2) is 0 Å². The predicted octanol–water partition coefficient (Wildman–Crippen LogP) is 5.00. The van der Waals surface area contributed by atoms with Crippen molar-refractivity contribution in [1.29, 1.82) is 0 Å². The summed E-state index contributed by atoms with van der Waals surface area (Å²) in [6, 6.07) is 13.3. The molecular formula is C14H12BrCl2N. The largest absolute Gasteiger partial charge is 0.324 e. The number of hydrogen-bond donors (Lipinski definition) is 1. The average molecular weight is 345 g/mol. The predicted molar refractivity (Wildman–Crippen MR) is 81.2 cm³/mol. The quantitative estimate of drug-likeness (QED) is 0.833. The number of nitrogens with two attached hydrogens (primary N) is 1. The standard InChI is InChI=1S/C14H12BrCl2N/c15-11-5-2-1-4-9(11)14(18)8-10-12(16)6-3-7-13(10)17/h1-7,14H,8,18H2. The van der Waals surface area contributed by atoms with Gasteiger partial charge in [0.25, 0.3) is 0 Å². The minimum absolute atomic E-state index is 0.141. The Bertz CT molecular complexity index is 537. The molecule has 18 heavy (non-hydrogen) atoms. The Morgan fingerprint density at radius 2 is 1.61 bits per heavy atom. The lowest BCUT2D eigenvalue weighted by molar-refractivity contribution is 0.719. The third-order valence-corrected chi connectivity index (χ3v) is 4.22. The van der Waals surface area contributed by atoms with E-state index in [2.05, 4.69) is 15.9 Å². The topological polar surface area (TPSA) is 26.0 Å². The van der Waals surface area contributed by atoms with Crippen LogP contribution in [0.4, 0.5) is 0 Å². The van der Waals surface area contributed by atoms with Crippen LogP contribution in [0, 0.1) is 0 Å². The van der Waals surface area contributed by atoms with E-state index in [9.17, 15) is 0 Å². The molecule has 0 aliphatic carbocycles. The zero-order valence-corrected chi connectivity index (χ0v) is 12.6. The van der Waals surface area contributed by atoms with Crippen molar-refractivity contribution in [2.45, 2.75) is 12.5 Å². The Kier molecular flexibility index (Phi) is 4.68. The van der Waals surface area contributed by atoms with Gasteiger partial charge in [0.1, 0.15) is 0 Å². The molecule has 1 atom stereocenters. The first-order valence-electron chi connectivity index (χ1n) is 5.52. The van der Waals surface area contributed by atoms with Gasteiger partial charge in [-0.2, -0.15) is 0 Å². The van der Waals surface area contributed by atoms with E-state index in [-0.39, 0.29) is 6.04 Å². The van der Waals surface area contributed by atoms with Crippen LogP contribution >= 0.6 is 39.1 Å².